The van der Waals surface area contributed by atoms with Crippen LogP contribution in [0.5, 0.6) is 0 Å². The standard InChI is InChI=1S/C17H17NO/c1-11-7-8-13(12(2)9-11)16-10-17(19)14-5-3-4-6-15(14)18-16/h3-9,16,18H,10H2,1-2H3. The third-order valence-corrected chi connectivity index (χ3v) is 3.75. The minimum Gasteiger partial charge on any atom is -0.377 e. The molecule has 0 saturated heterocycles. The molecule has 1 unspecified atom stereocenters. The predicted octanol–water partition coefficient (Wildman–Crippen LogP) is 4.04. The first-order chi connectivity index (χ1) is 9.15. The number of para-hydroxylation sites is 1. The molecule has 0 saturated carbocycles. The van der Waals surface area contributed by atoms with Gasteiger partial charge in [0.15, 0.2) is 5.78 Å². The van der Waals surface area contributed by atoms with Gasteiger partial charge >= 0.3 is 0 Å². The highest BCUT2D eigenvalue weighted by Gasteiger charge is 2.25. The lowest BCUT2D eigenvalue weighted by Crippen LogP contribution is -2.23. The molecule has 1 atom stereocenters. The maximum Gasteiger partial charge on any atom is 0.167 e. The average Bonchev–Trinajstić information content (AvgIpc) is 2.38. The zero-order chi connectivity index (χ0) is 13.4. The van der Waals surface area contributed by atoms with E-state index < -0.39 is 0 Å². The molecule has 96 valence electrons. The van der Waals surface area contributed by atoms with Crippen LogP contribution in [0, 0.1) is 13.8 Å². The highest BCUT2D eigenvalue weighted by atomic mass is 16.1. The first-order valence-corrected chi connectivity index (χ1v) is 6.61. The maximum absolute atomic E-state index is 12.2. The van der Waals surface area contributed by atoms with Gasteiger partial charge in [0.05, 0.1) is 6.04 Å². The van der Waals surface area contributed by atoms with E-state index in [0.29, 0.717) is 6.42 Å². The Labute approximate surface area is 113 Å². The van der Waals surface area contributed by atoms with Crippen molar-refractivity contribution in [2.75, 3.05) is 5.32 Å². The van der Waals surface area contributed by atoms with Crippen molar-refractivity contribution < 1.29 is 4.79 Å². The Morgan fingerprint density at radius 2 is 1.89 bits per heavy atom. The van der Waals surface area contributed by atoms with Crippen LogP contribution < -0.4 is 5.32 Å². The number of hydrogen-bond donors (Lipinski definition) is 1. The zero-order valence-corrected chi connectivity index (χ0v) is 11.2. The Hall–Kier alpha value is -2.09. The van der Waals surface area contributed by atoms with Crippen molar-refractivity contribution in [3.05, 3.63) is 64.7 Å². The fraction of sp³-hybridized carbons (Fsp3) is 0.235. The smallest absolute Gasteiger partial charge is 0.167 e. The number of anilines is 1. The zero-order valence-electron chi connectivity index (χ0n) is 11.2. The molecule has 1 aliphatic heterocycles. The summed E-state index contributed by atoms with van der Waals surface area (Å²) in [6.07, 6.45) is 0.529. The van der Waals surface area contributed by atoms with Gasteiger partial charge in [-0.05, 0) is 37.1 Å². The molecule has 2 nitrogen and oxygen atoms in total. The summed E-state index contributed by atoms with van der Waals surface area (Å²) >= 11 is 0. The average molecular weight is 251 g/mol. The minimum absolute atomic E-state index is 0.0861. The van der Waals surface area contributed by atoms with E-state index in [1.807, 2.05) is 24.3 Å². The number of fused-ring (bicyclic) bond motifs is 1. The molecule has 3 rings (SSSR count). The fourth-order valence-electron chi connectivity index (χ4n) is 2.79. The number of aryl methyl sites for hydroxylation is 2. The van der Waals surface area contributed by atoms with E-state index in [1.165, 1.54) is 16.7 Å². The topological polar surface area (TPSA) is 29.1 Å². The summed E-state index contributed by atoms with van der Waals surface area (Å²) in [6.45, 7) is 4.19. The second-order valence-corrected chi connectivity index (χ2v) is 5.23. The van der Waals surface area contributed by atoms with E-state index in [1.54, 1.807) is 0 Å². The second kappa shape index (κ2) is 4.54. The Kier molecular flexibility index (Phi) is 2.86. The predicted molar refractivity (Wildman–Crippen MR) is 77.7 cm³/mol. The molecule has 0 amide bonds. The Bertz CT molecular complexity index is 645. The van der Waals surface area contributed by atoms with Gasteiger partial charge in [-0.2, -0.15) is 0 Å². The van der Waals surface area contributed by atoms with Gasteiger partial charge in [-0.25, -0.2) is 0 Å². The molecule has 1 aliphatic rings. The van der Waals surface area contributed by atoms with Gasteiger partial charge in [0, 0.05) is 17.7 Å². The number of rotatable bonds is 1. The van der Waals surface area contributed by atoms with Crippen LogP contribution in [-0.4, -0.2) is 5.78 Å². The van der Waals surface area contributed by atoms with E-state index in [9.17, 15) is 4.79 Å². The van der Waals surface area contributed by atoms with Crippen LogP contribution in [-0.2, 0) is 0 Å². The molecule has 2 aromatic rings. The fourth-order valence-corrected chi connectivity index (χ4v) is 2.79. The summed E-state index contributed by atoms with van der Waals surface area (Å²) in [5.74, 6) is 0.222. The first kappa shape index (κ1) is 12.0. The van der Waals surface area contributed by atoms with Crippen molar-refractivity contribution in [3.63, 3.8) is 0 Å². The largest absolute Gasteiger partial charge is 0.377 e. The maximum atomic E-state index is 12.2. The summed E-state index contributed by atoms with van der Waals surface area (Å²) in [6, 6.07) is 14.2. The molecule has 0 aromatic heterocycles. The number of hydrogen-bond acceptors (Lipinski definition) is 2. The Balaban J connectivity index is 1.99. The van der Waals surface area contributed by atoms with Gasteiger partial charge < -0.3 is 5.32 Å². The number of nitrogens with one attached hydrogen (secondary N) is 1. The van der Waals surface area contributed by atoms with Crippen LogP contribution in [0.3, 0.4) is 0 Å². The molecule has 0 fully saturated rings. The number of ketones is 1. The van der Waals surface area contributed by atoms with Crippen molar-refractivity contribution >= 4 is 11.5 Å². The molecule has 0 spiro atoms. The summed E-state index contributed by atoms with van der Waals surface area (Å²) in [4.78, 5) is 12.2. The summed E-state index contributed by atoms with van der Waals surface area (Å²) in [5.41, 5.74) is 5.47. The van der Waals surface area contributed by atoms with E-state index in [2.05, 4.69) is 37.4 Å². The van der Waals surface area contributed by atoms with Crippen LogP contribution in [0.2, 0.25) is 0 Å². The summed E-state index contributed by atoms with van der Waals surface area (Å²) in [7, 11) is 0. The molecule has 1 heterocycles. The Morgan fingerprint density at radius 3 is 2.68 bits per heavy atom. The molecular formula is C17H17NO. The third-order valence-electron chi connectivity index (χ3n) is 3.75. The van der Waals surface area contributed by atoms with Gasteiger partial charge in [0.2, 0.25) is 0 Å². The number of carbonyl (C=O) groups excluding carboxylic acids is 1. The van der Waals surface area contributed by atoms with Crippen molar-refractivity contribution in [2.45, 2.75) is 26.3 Å². The molecule has 19 heavy (non-hydrogen) atoms. The number of benzene rings is 2. The van der Waals surface area contributed by atoms with Crippen molar-refractivity contribution in [2.24, 2.45) is 0 Å². The van der Waals surface area contributed by atoms with Gasteiger partial charge in [-0.3, -0.25) is 4.79 Å². The molecule has 2 aromatic carbocycles. The molecular weight excluding hydrogens is 234 g/mol. The first-order valence-electron chi connectivity index (χ1n) is 6.61. The lowest BCUT2D eigenvalue weighted by atomic mass is 9.90. The molecule has 0 aliphatic carbocycles. The van der Waals surface area contributed by atoms with E-state index >= 15 is 0 Å². The SMILES string of the molecule is Cc1ccc(C2CC(=O)c3ccccc3N2)c(C)c1. The van der Waals surface area contributed by atoms with E-state index in [4.69, 9.17) is 0 Å². The van der Waals surface area contributed by atoms with Crippen LogP contribution in [0.15, 0.2) is 42.5 Å². The molecule has 0 radical (unpaired) electrons. The molecule has 2 heteroatoms. The highest BCUT2D eigenvalue weighted by Crippen LogP contribution is 2.33. The molecule has 0 bridgehead atoms. The van der Waals surface area contributed by atoms with Crippen molar-refractivity contribution in [1.82, 2.24) is 0 Å². The lowest BCUT2D eigenvalue weighted by molar-refractivity contribution is 0.0972. The van der Waals surface area contributed by atoms with Gasteiger partial charge in [0.25, 0.3) is 0 Å². The molecule has 1 N–H and O–H groups in total. The van der Waals surface area contributed by atoms with Gasteiger partial charge in [-0.1, -0.05) is 35.9 Å². The number of Topliss-reactive ketones (excluding diaryl/α,β-unsaturated/α-hetero) is 1. The van der Waals surface area contributed by atoms with E-state index in [-0.39, 0.29) is 11.8 Å². The highest BCUT2D eigenvalue weighted by molar-refractivity contribution is 6.03. The normalized spacial score (nSPS) is 17.8. The summed E-state index contributed by atoms with van der Waals surface area (Å²) in [5, 5.41) is 3.48. The van der Waals surface area contributed by atoms with Crippen molar-refractivity contribution in [3.8, 4) is 0 Å². The minimum atomic E-state index is 0.0861. The quantitative estimate of drug-likeness (QED) is 0.828. The van der Waals surface area contributed by atoms with Crippen LogP contribution >= 0.6 is 0 Å². The third kappa shape index (κ3) is 2.14. The van der Waals surface area contributed by atoms with Crippen LogP contribution in [0.4, 0.5) is 5.69 Å². The van der Waals surface area contributed by atoms with Crippen molar-refractivity contribution in [1.29, 1.82) is 0 Å². The van der Waals surface area contributed by atoms with Gasteiger partial charge in [0.1, 0.15) is 0 Å². The second-order valence-electron chi connectivity index (χ2n) is 5.23. The van der Waals surface area contributed by atoms with E-state index in [0.717, 1.165) is 11.3 Å². The lowest BCUT2D eigenvalue weighted by Gasteiger charge is -2.27. The Morgan fingerprint density at radius 1 is 1.11 bits per heavy atom. The monoisotopic (exact) mass is 251 g/mol. The summed E-state index contributed by atoms with van der Waals surface area (Å²) < 4.78 is 0. The van der Waals surface area contributed by atoms with Gasteiger partial charge in [-0.15, -0.1) is 0 Å². The van der Waals surface area contributed by atoms with Crippen LogP contribution in [0.1, 0.15) is 39.5 Å². The van der Waals surface area contributed by atoms with Crippen LogP contribution in [0.25, 0.3) is 0 Å². The number of carbonyl (C=O) groups is 1.